The van der Waals surface area contributed by atoms with E-state index >= 15 is 0 Å². The van der Waals surface area contributed by atoms with Gasteiger partial charge in [0.1, 0.15) is 0 Å². The molecule has 0 aromatic carbocycles. The summed E-state index contributed by atoms with van der Waals surface area (Å²) >= 11 is 0. The molecule has 23 heavy (non-hydrogen) atoms. The zero-order chi connectivity index (χ0) is 15.5. The van der Waals surface area contributed by atoms with Crippen LogP contribution in [0.2, 0.25) is 0 Å². The maximum absolute atomic E-state index is 11.3. The Morgan fingerprint density at radius 3 is 2.70 bits per heavy atom. The zero-order valence-corrected chi connectivity index (χ0v) is 13.9. The van der Waals surface area contributed by atoms with Crippen LogP contribution >= 0.6 is 0 Å². The van der Waals surface area contributed by atoms with Crippen LogP contribution in [0.1, 0.15) is 65.2 Å². The van der Waals surface area contributed by atoms with Gasteiger partial charge in [0.05, 0.1) is 0 Å². The Kier molecular flexibility index (Phi) is 4.66. The number of hydrogen-bond acceptors (Lipinski definition) is 1. The summed E-state index contributed by atoms with van der Waals surface area (Å²) in [6.45, 7) is 4.95. The van der Waals surface area contributed by atoms with Gasteiger partial charge in [-0.2, -0.15) is 0 Å². The van der Waals surface area contributed by atoms with E-state index in [-0.39, 0.29) is 35.0 Å². The molecule has 0 bridgehead atoms. The quantitative estimate of drug-likeness (QED) is 0.730. The first-order valence-corrected chi connectivity index (χ1v) is 9.08. The second kappa shape index (κ2) is 6.04. The second-order valence-electron chi connectivity index (χ2n) is 8.75. The third-order valence-electron chi connectivity index (χ3n) is 7.82. The van der Waals surface area contributed by atoms with Crippen molar-refractivity contribution in [1.82, 2.24) is 0 Å². The summed E-state index contributed by atoms with van der Waals surface area (Å²) in [6, 6.07) is 0. The Balaban J connectivity index is 0.00000156. The van der Waals surface area contributed by atoms with Crippen LogP contribution in [0.5, 0.6) is 0 Å². The van der Waals surface area contributed by atoms with Gasteiger partial charge in [-0.1, -0.05) is 26.3 Å². The van der Waals surface area contributed by atoms with Crippen molar-refractivity contribution in [2.45, 2.75) is 65.2 Å². The van der Waals surface area contributed by atoms with E-state index in [0.717, 1.165) is 30.6 Å². The number of carboxylic acids is 1. The average molecular weight is 324 g/mol. The van der Waals surface area contributed by atoms with Gasteiger partial charge in [0.25, 0.3) is 0 Å². The molecule has 5 atom stereocenters. The van der Waals surface area contributed by atoms with Crippen LogP contribution in [0.3, 0.4) is 0 Å². The van der Waals surface area contributed by atoms with Crippen LogP contribution < -0.4 is 0 Å². The Morgan fingerprint density at radius 2 is 1.96 bits per heavy atom. The van der Waals surface area contributed by atoms with Crippen LogP contribution in [0.25, 0.3) is 0 Å². The van der Waals surface area contributed by atoms with Crippen molar-refractivity contribution in [2.75, 3.05) is 0 Å². The van der Waals surface area contributed by atoms with Gasteiger partial charge in [0, 0.05) is 5.57 Å². The van der Waals surface area contributed by atoms with E-state index < -0.39 is 5.97 Å². The summed E-state index contributed by atoms with van der Waals surface area (Å²) in [5.41, 5.74) is 2.77. The van der Waals surface area contributed by atoms with Crippen molar-refractivity contribution in [3.05, 3.63) is 23.3 Å². The van der Waals surface area contributed by atoms with Gasteiger partial charge < -0.3 is 5.11 Å². The summed E-state index contributed by atoms with van der Waals surface area (Å²) in [7, 11) is 0. The molecule has 3 heteroatoms. The van der Waals surface area contributed by atoms with Crippen LogP contribution in [0.4, 0.5) is 0 Å². The summed E-state index contributed by atoms with van der Waals surface area (Å²) in [5.74, 6) is 1.80. The van der Waals surface area contributed by atoms with Gasteiger partial charge >= 0.3 is 35.5 Å². The van der Waals surface area contributed by atoms with Crippen molar-refractivity contribution >= 4 is 35.5 Å². The minimum atomic E-state index is -0.725. The Bertz CT molecular complexity index is 578. The number of rotatable bonds is 1. The SMILES string of the molecule is C[C@@]12CCC[C@H]1[C@@H]1CC=C3C=C(C(=O)O)CC[C@]3(C)[C@H]1CC2.[NaH]. The van der Waals surface area contributed by atoms with Gasteiger partial charge in [0.15, 0.2) is 0 Å². The number of aliphatic carboxylic acids is 1. The van der Waals surface area contributed by atoms with E-state index in [0.29, 0.717) is 11.0 Å². The third kappa shape index (κ3) is 2.60. The van der Waals surface area contributed by atoms with E-state index in [4.69, 9.17) is 0 Å². The molecule has 0 radical (unpaired) electrons. The first kappa shape index (κ1) is 17.8. The Morgan fingerprint density at radius 1 is 1.17 bits per heavy atom. The van der Waals surface area contributed by atoms with Gasteiger partial charge in [-0.3, -0.25) is 0 Å². The maximum atomic E-state index is 11.3. The summed E-state index contributed by atoms with van der Waals surface area (Å²) in [4.78, 5) is 11.3. The molecule has 4 rings (SSSR count). The first-order valence-electron chi connectivity index (χ1n) is 9.08. The van der Waals surface area contributed by atoms with E-state index in [2.05, 4.69) is 19.9 Å². The molecule has 0 aliphatic heterocycles. The summed E-state index contributed by atoms with van der Waals surface area (Å²) in [5, 5.41) is 9.31. The number of allylic oxidation sites excluding steroid dienone is 3. The fraction of sp³-hybridized carbons (Fsp3) is 0.750. The fourth-order valence-electron chi connectivity index (χ4n) is 6.49. The van der Waals surface area contributed by atoms with Crippen LogP contribution in [0.15, 0.2) is 23.3 Å². The van der Waals surface area contributed by atoms with Gasteiger partial charge in [-0.05, 0) is 85.2 Å². The Hall–Kier alpha value is -0.0500. The van der Waals surface area contributed by atoms with Crippen molar-refractivity contribution in [1.29, 1.82) is 0 Å². The zero-order valence-electron chi connectivity index (χ0n) is 13.9. The molecule has 0 heterocycles. The van der Waals surface area contributed by atoms with Crippen LogP contribution in [0, 0.1) is 28.6 Å². The minimum absolute atomic E-state index is 0. The predicted molar refractivity (Wildman–Crippen MR) is 94.6 cm³/mol. The third-order valence-corrected chi connectivity index (χ3v) is 7.82. The van der Waals surface area contributed by atoms with E-state index in [1.54, 1.807) is 0 Å². The van der Waals surface area contributed by atoms with Crippen molar-refractivity contribution in [3.63, 3.8) is 0 Å². The molecule has 2 saturated carbocycles. The summed E-state index contributed by atoms with van der Waals surface area (Å²) in [6.07, 6.45) is 14.4. The molecular weight excluding hydrogens is 295 g/mol. The molecule has 0 amide bonds. The molecule has 0 spiro atoms. The van der Waals surface area contributed by atoms with Crippen LogP contribution in [-0.4, -0.2) is 40.6 Å². The number of carboxylic acid groups (broad SMARTS) is 1. The number of hydrogen-bond donors (Lipinski definition) is 1. The van der Waals surface area contributed by atoms with Gasteiger partial charge in [-0.25, -0.2) is 4.79 Å². The average Bonchev–Trinajstić information content (AvgIpc) is 2.88. The van der Waals surface area contributed by atoms with E-state index in [9.17, 15) is 9.90 Å². The molecule has 0 aromatic heterocycles. The number of fused-ring (bicyclic) bond motifs is 5. The molecule has 2 fully saturated rings. The van der Waals surface area contributed by atoms with E-state index in [1.807, 2.05) is 6.08 Å². The molecule has 0 unspecified atom stereocenters. The predicted octanol–water partition coefficient (Wildman–Crippen LogP) is 4.31. The molecule has 122 valence electrons. The molecular formula is C20H29NaO2. The molecule has 2 nitrogen and oxygen atoms in total. The van der Waals surface area contributed by atoms with Gasteiger partial charge in [0.2, 0.25) is 0 Å². The van der Waals surface area contributed by atoms with E-state index in [1.165, 1.54) is 44.1 Å². The molecule has 4 aliphatic rings. The molecule has 4 aliphatic carbocycles. The standard InChI is InChI=1S/C20H28O2.Na.H/c1-19-9-3-4-16(19)15-6-5-14-12-13(18(21)22)7-11-20(14,2)17(15)8-10-19;;/h5,12,15-17H,3-4,6-11H2,1-2H3,(H,21,22);;/t15-,16-,17-,19-,20-;;/m0../s1. The molecule has 0 saturated heterocycles. The van der Waals surface area contributed by atoms with Gasteiger partial charge in [-0.15, -0.1) is 0 Å². The van der Waals surface area contributed by atoms with Crippen molar-refractivity contribution < 1.29 is 9.90 Å². The van der Waals surface area contributed by atoms with Crippen molar-refractivity contribution in [3.8, 4) is 0 Å². The fourth-order valence-corrected chi connectivity index (χ4v) is 6.49. The summed E-state index contributed by atoms with van der Waals surface area (Å²) < 4.78 is 0. The monoisotopic (exact) mass is 324 g/mol. The Labute approximate surface area is 162 Å². The molecule has 0 aromatic rings. The first-order chi connectivity index (χ1) is 10.4. The number of carbonyl (C=O) groups is 1. The molecule has 1 N–H and O–H groups in total. The van der Waals surface area contributed by atoms with Crippen molar-refractivity contribution in [2.24, 2.45) is 28.6 Å². The topological polar surface area (TPSA) is 37.3 Å². The normalized spacial score (nSPS) is 44.9. The second-order valence-corrected chi connectivity index (χ2v) is 8.75. The van der Waals surface area contributed by atoms with Crippen LogP contribution in [-0.2, 0) is 4.79 Å².